The first kappa shape index (κ1) is 19.0. The van der Waals surface area contributed by atoms with E-state index in [9.17, 15) is 9.59 Å². The lowest BCUT2D eigenvalue weighted by molar-refractivity contribution is 0.0952. The fraction of sp³-hybridized carbons (Fsp3) is 0.318. The van der Waals surface area contributed by atoms with Crippen molar-refractivity contribution in [3.8, 4) is 0 Å². The van der Waals surface area contributed by atoms with E-state index in [1.165, 1.54) is 10.9 Å². The standard InChI is InChI=1S/C22H25N5O2/c1-26(2)22(29)27-10-8-17-16(14-27)11-23-13-19(17)21(28)24-9-7-15-12-25-20-6-4-3-5-18(15)20/h3-6,11-13,25H,7-10,14H2,1-2H3,(H,24,28). The molecule has 150 valence electrons. The summed E-state index contributed by atoms with van der Waals surface area (Å²) in [5.74, 6) is -0.110. The van der Waals surface area contributed by atoms with Gasteiger partial charge >= 0.3 is 6.03 Å². The summed E-state index contributed by atoms with van der Waals surface area (Å²) in [5, 5.41) is 4.21. The van der Waals surface area contributed by atoms with E-state index < -0.39 is 0 Å². The third-order valence-electron chi connectivity index (χ3n) is 5.39. The number of H-pyrrole nitrogens is 1. The van der Waals surface area contributed by atoms with Gasteiger partial charge in [-0.05, 0) is 35.6 Å². The fourth-order valence-electron chi connectivity index (χ4n) is 3.88. The van der Waals surface area contributed by atoms with Crippen molar-refractivity contribution in [3.05, 3.63) is 65.1 Å². The Morgan fingerprint density at radius 3 is 2.90 bits per heavy atom. The van der Waals surface area contributed by atoms with Crippen LogP contribution in [0.1, 0.15) is 27.0 Å². The van der Waals surface area contributed by atoms with Gasteiger partial charge in [0, 0.05) is 63.2 Å². The Morgan fingerprint density at radius 1 is 1.24 bits per heavy atom. The first-order valence-corrected chi connectivity index (χ1v) is 9.80. The van der Waals surface area contributed by atoms with Gasteiger partial charge in [-0.2, -0.15) is 0 Å². The van der Waals surface area contributed by atoms with Gasteiger partial charge in [0.15, 0.2) is 0 Å². The van der Waals surface area contributed by atoms with E-state index in [1.807, 2.05) is 24.4 Å². The number of nitrogens with one attached hydrogen (secondary N) is 2. The minimum Gasteiger partial charge on any atom is -0.361 e. The molecule has 29 heavy (non-hydrogen) atoms. The molecule has 0 saturated carbocycles. The van der Waals surface area contributed by atoms with E-state index in [4.69, 9.17) is 0 Å². The molecule has 7 nitrogen and oxygen atoms in total. The molecule has 0 bridgehead atoms. The summed E-state index contributed by atoms with van der Waals surface area (Å²) in [4.78, 5) is 35.9. The van der Waals surface area contributed by atoms with Crippen LogP contribution in [0.4, 0.5) is 4.79 Å². The van der Waals surface area contributed by atoms with Gasteiger partial charge in [-0.25, -0.2) is 4.79 Å². The highest BCUT2D eigenvalue weighted by Crippen LogP contribution is 2.22. The van der Waals surface area contributed by atoms with E-state index in [0.29, 0.717) is 31.6 Å². The van der Waals surface area contributed by atoms with E-state index in [-0.39, 0.29) is 11.9 Å². The number of amides is 3. The molecule has 0 unspecified atom stereocenters. The molecule has 0 spiro atoms. The topological polar surface area (TPSA) is 81.3 Å². The van der Waals surface area contributed by atoms with Gasteiger partial charge in [0.1, 0.15) is 0 Å². The maximum absolute atomic E-state index is 12.8. The molecule has 2 N–H and O–H groups in total. The quantitative estimate of drug-likeness (QED) is 0.717. The molecule has 3 aromatic rings. The highest BCUT2D eigenvalue weighted by Gasteiger charge is 2.25. The van der Waals surface area contributed by atoms with Gasteiger partial charge in [0.05, 0.1) is 5.56 Å². The summed E-state index contributed by atoms with van der Waals surface area (Å²) in [6, 6.07) is 8.13. The van der Waals surface area contributed by atoms with Crippen molar-refractivity contribution < 1.29 is 9.59 Å². The Balaban J connectivity index is 1.42. The average Bonchev–Trinajstić information content (AvgIpc) is 3.15. The number of nitrogens with zero attached hydrogens (tertiary/aromatic N) is 3. The molecular weight excluding hydrogens is 366 g/mol. The monoisotopic (exact) mass is 391 g/mol. The first-order valence-electron chi connectivity index (χ1n) is 9.80. The van der Waals surface area contributed by atoms with Gasteiger partial charge in [-0.1, -0.05) is 18.2 Å². The summed E-state index contributed by atoms with van der Waals surface area (Å²) in [7, 11) is 3.49. The Labute approximate surface area is 169 Å². The lowest BCUT2D eigenvalue weighted by Crippen LogP contribution is -2.42. The molecule has 3 amide bonds. The Kier molecular flexibility index (Phi) is 5.20. The number of hydrogen-bond donors (Lipinski definition) is 2. The average molecular weight is 391 g/mol. The number of carbonyl (C=O) groups is 2. The van der Waals surface area contributed by atoms with Gasteiger partial charge in [0.25, 0.3) is 5.91 Å². The first-order chi connectivity index (χ1) is 14.0. The van der Waals surface area contributed by atoms with E-state index in [1.54, 1.807) is 36.3 Å². The third-order valence-corrected chi connectivity index (χ3v) is 5.39. The van der Waals surface area contributed by atoms with Crippen LogP contribution in [0.3, 0.4) is 0 Å². The molecule has 0 fully saturated rings. The minimum atomic E-state index is -0.110. The zero-order valence-electron chi connectivity index (χ0n) is 16.7. The van der Waals surface area contributed by atoms with Crippen molar-refractivity contribution in [1.82, 2.24) is 25.1 Å². The molecule has 3 heterocycles. The van der Waals surface area contributed by atoms with E-state index >= 15 is 0 Å². The summed E-state index contributed by atoms with van der Waals surface area (Å²) >= 11 is 0. The van der Waals surface area contributed by atoms with Crippen LogP contribution in [0.25, 0.3) is 10.9 Å². The molecule has 2 aromatic heterocycles. The largest absolute Gasteiger partial charge is 0.361 e. The maximum Gasteiger partial charge on any atom is 0.319 e. The number of benzene rings is 1. The lowest BCUT2D eigenvalue weighted by Gasteiger charge is -2.31. The number of hydrogen-bond acceptors (Lipinski definition) is 3. The predicted molar refractivity (Wildman–Crippen MR) is 112 cm³/mol. The minimum absolute atomic E-state index is 0.0239. The van der Waals surface area contributed by atoms with Crippen LogP contribution >= 0.6 is 0 Å². The number of para-hydroxylation sites is 1. The lowest BCUT2D eigenvalue weighted by atomic mass is 9.97. The molecule has 0 radical (unpaired) electrons. The van der Waals surface area contributed by atoms with Crippen LogP contribution in [-0.2, 0) is 19.4 Å². The van der Waals surface area contributed by atoms with Crippen LogP contribution in [-0.4, -0.2) is 58.9 Å². The second-order valence-corrected chi connectivity index (χ2v) is 7.54. The summed E-state index contributed by atoms with van der Waals surface area (Å²) in [6.45, 7) is 1.63. The van der Waals surface area contributed by atoms with Crippen LogP contribution in [0.2, 0.25) is 0 Å². The molecule has 7 heteroatoms. The molecule has 0 saturated heterocycles. The van der Waals surface area contributed by atoms with Gasteiger partial charge < -0.3 is 20.1 Å². The number of aromatic amines is 1. The summed E-state index contributed by atoms with van der Waals surface area (Å²) in [6.07, 6.45) is 6.79. The zero-order valence-corrected chi connectivity index (χ0v) is 16.7. The van der Waals surface area contributed by atoms with E-state index in [2.05, 4.69) is 21.4 Å². The SMILES string of the molecule is CN(C)C(=O)N1CCc2c(cncc2C(=O)NCCc2c[nH]c3ccccc23)C1. The van der Waals surface area contributed by atoms with Crippen LogP contribution in [0, 0.1) is 0 Å². The van der Waals surface area contributed by atoms with Crippen molar-refractivity contribution in [2.45, 2.75) is 19.4 Å². The number of carbonyl (C=O) groups excluding carboxylic acids is 2. The highest BCUT2D eigenvalue weighted by molar-refractivity contribution is 5.96. The molecule has 1 aromatic carbocycles. The van der Waals surface area contributed by atoms with Crippen molar-refractivity contribution in [3.63, 3.8) is 0 Å². The Hall–Kier alpha value is -3.35. The summed E-state index contributed by atoms with van der Waals surface area (Å²) in [5.41, 5.74) is 4.83. The number of fused-ring (bicyclic) bond motifs is 2. The molecule has 1 aliphatic heterocycles. The molecule has 4 rings (SSSR count). The van der Waals surface area contributed by atoms with Crippen LogP contribution in [0.5, 0.6) is 0 Å². The number of urea groups is 1. The van der Waals surface area contributed by atoms with E-state index in [0.717, 1.165) is 23.1 Å². The molecule has 0 atom stereocenters. The number of rotatable bonds is 4. The van der Waals surface area contributed by atoms with Crippen LogP contribution < -0.4 is 5.32 Å². The van der Waals surface area contributed by atoms with Crippen LogP contribution in [0.15, 0.2) is 42.9 Å². The smallest absolute Gasteiger partial charge is 0.319 e. The Morgan fingerprint density at radius 2 is 2.07 bits per heavy atom. The van der Waals surface area contributed by atoms with Gasteiger partial charge in [0.2, 0.25) is 0 Å². The molecule has 1 aliphatic rings. The van der Waals surface area contributed by atoms with Crippen molar-refractivity contribution in [2.24, 2.45) is 0 Å². The maximum atomic E-state index is 12.8. The molecular formula is C22H25N5O2. The number of aromatic nitrogens is 2. The Bertz CT molecular complexity index is 1060. The second-order valence-electron chi connectivity index (χ2n) is 7.54. The van der Waals surface area contributed by atoms with Crippen molar-refractivity contribution in [2.75, 3.05) is 27.2 Å². The highest BCUT2D eigenvalue weighted by atomic mass is 16.2. The fourth-order valence-corrected chi connectivity index (χ4v) is 3.88. The number of pyridine rings is 1. The van der Waals surface area contributed by atoms with Gasteiger partial charge in [-0.3, -0.25) is 9.78 Å². The van der Waals surface area contributed by atoms with Gasteiger partial charge in [-0.15, -0.1) is 0 Å². The summed E-state index contributed by atoms with van der Waals surface area (Å²) < 4.78 is 0. The predicted octanol–water partition coefficient (Wildman–Crippen LogP) is 2.58. The third kappa shape index (κ3) is 3.81. The van der Waals surface area contributed by atoms with Crippen molar-refractivity contribution >= 4 is 22.8 Å². The normalized spacial score (nSPS) is 13.2. The molecule has 0 aliphatic carbocycles. The van der Waals surface area contributed by atoms with Crippen molar-refractivity contribution in [1.29, 1.82) is 0 Å². The second kappa shape index (κ2) is 7.95. The zero-order chi connectivity index (χ0) is 20.4.